The molecule has 4 aromatic rings. The molecule has 0 saturated heterocycles. The van der Waals surface area contributed by atoms with Crippen molar-refractivity contribution in [1.29, 1.82) is 0 Å². The summed E-state index contributed by atoms with van der Waals surface area (Å²) >= 11 is 0. The van der Waals surface area contributed by atoms with Gasteiger partial charge in [0, 0.05) is 25.0 Å². The van der Waals surface area contributed by atoms with Gasteiger partial charge >= 0.3 is 0 Å². The van der Waals surface area contributed by atoms with E-state index < -0.39 is 6.04 Å². The Bertz CT molecular complexity index is 1380. The fourth-order valence-corrected chi connectivity index (χ4v) is 3.43. The van der Waals surface area contributed by atoms with Crippen molar-refractivity contribution in [3.8, 4) is 12.3 Å². The summed E-state index contributed by atoms with van der Waals surface area (Å²) in [7, 11) is 1.61. The maximum Gasteiger partial charge on any atom is 0.262 e. The molecule has 144 valence electrons. The van der Waals surface area contributed by atoms with Crippen molar-refractivity contribution in [3.05, 3.63) is 69.7 Å². The number of aryl methyl sites for hydroxylation is 1. The van der Waals surface area contributed by atoms with Gasteiger partial charge in [0.15, 0.2) is 5.65 Å². The van der Waals surface area contributed by atoms with Crippen LogP contribution in [0.15, 0.2) is 41.5 Å². The van der Waals surface area contributed by atoms with Crippen molar-refractivity contribution in [2.24, 2.45) is 7.05 Å². The first-order valence-electron chi connectivity index (χ1n) is 8.99. The Balaban J connectivity index is 1.74. The smallest absolute Gasteiger partial charge is 0.262 e. The van der Waals surface area contributed by atoms with Crippen LogP contribution in [0, 0.1) is 19.3 Å². The molecule has 0 fully saturated rings. The number of aromatic nitrogens is 5. The fourth-order valence-electron chi connectivity index (χ4n) is 3.43. The minimum absolute atomic E-state index is 0.256. The van der Waals surface area contributed by atoms with Gasteiger partial charge in [0.25, 0.3) is 11.5 Å². The van der Waals surface area contributed by atoms with Crippen molar-refractivity contribution in [3.63, 3.8) is 0 Å². The minimum atomic E-state index is -0.530. The van der Waals surface area contributed by atoms with E-state index in [2.05, 4.69) is 26.3 Å². The zero-order valence-electron chi connectivity index (χ0n) is 16.2. The van der Waals surface area contributed by atoms with Gasteiger partial charge in [-0.1, -0.05) is 12.0 Å². The van der Waals surface area contributed by atoms with Gasteiger partial charge in [-0.3, -0.25) is 14.2 Å². The molecule has 0 aliphatic heterocycles. The number of hydrogen-bond donors (Lipinski definition) is 1. The third-order valence-corrected chi connectivity index (χ3v) is 4.83. The monoisotopic (exact) mass is 386 g/mol. The normalized spacial score (nSPS) is 12.1. The Morgan fingerprint density at radius 2 is 2.10 bits per heavy atom. The highest BCUT2D eigenvalue weighted by Gasteiger charge is 2.22. The SMILES string of the molecule is C#Cc1cccc2nc([C@H](C)NC(=O)c3c(C)nn4cccnc34)n(C)c(=O)c12. The fraction of sp³-hybridized carbons (Fsp3) is 0.190. The lowest BCUT2D eigenvalue weighted by molar-refractivity contribution is 0.0938. The molecule has 0 saturated carbocycles. The summed E-state index contributed by atoms with van der Waals surface area (Å²) in [5.74, 6) is 2.61. The Labute approximate surface area is 166 Å². The molecule has 8 nitrogen and oxygen atoms in total. The number of hydrogen-bond acceptors (Lipinski definition) is 5. The number of benzene rings is 1. The number of terminal acetylenes is 1. The van der Waals surface area contributed by atoms with Crippen LogP contribution in [0.1, 0.15) is 40.4 Å². The van der Waals surface area contributed by atoms with E-state index in [0.717, 1.165) is 0 Å². The van der Waals surface area contributed by atoms with Crippen molar-refractivity contribution in [2.45, 2.75) is 19.9 Å². The highest BCUT2D eigenvalue weighted by Crippen LogP contribution is 2.18. The number of carbonyl (C=O) groups excluding carboxylic acids is 1. The third kappa shape index (κ3) is 2.93. The molecule has 4 rings (SSSR count). The summed E-state index contributed by atoms with van der Waals surface area (Å²) in [5.41, 5.74) is 2.15. The van der Waals surface area contributed by atoms with Crippen molar-refractivity contribution in [2.75, 3.05) is 0 Å². The lowest BCUT2D eigenvalue weighted by atomic mass is 10.1. The highest BCUT2D eigenvalue weighted by atomic mass is 16.2. The molecular weight excluding hydrogens is 368 g/mol. The van der Waals surface area contributed by atoms with E-state index in [1.807, 2.05) is 0 Å². The first-order valence-corrected chi connectivity index (χ1v) is 8.99. The first-order chi connectivity index (χ1) is 13.9. The van der Waals surface area contributed by atoms with Crippen LogP contribution in [0.4, 0.5) is 0 Å². The van der Waals surface area contributed by atoms with Gasteiger partial charge in [-0.2, -0.15) is 5.10 Å². The van der Waals surface area contributed by atoms with E-state index in [0.29, 0.717) is 39.2 Å². The van der Waals surface area contributed by atoms with E-state index in [4.69, 9.17) is 6.42 Å². The predicted octanol–water partition coefficient (Wildman–Crippen LogP) is 1.76. The number of nitrogens with one attached hydrogen (secondary N) is 1. The predicted molar refractivity (Wildman–Crippen MR) is 109 cm³/mol. The van der Waals surface area contributed by atoms with Crippen molar-refractivity contribution >= 4 is 22.5 Å². The van der Waals surface area contributed by atoms with Crippen LogP contribution in [0.25, 0.3) is 16.6 Å². The molecule has 1 N–H and O–H groups in total. The molecule has 3 aromatic heterocycles. The van der Waals surface area contributed by atoms with Crippen LogP contribution >= 0.6 is 0 Å². The van der Waals surface area contributed by atoms with Crippen LogP contribution in [-0.2, 0) is 7.05 Å². The van der Waals surface area contributed by atoms with Gasteiger partial charge in [-0.25, -0.2) is 14.5 Å². The van der Waals surface area contributed by atoms with Gasteiger partial charge in [-0.05, 0) is 32.0 Å². The third-order valence-electron chi connectivity index (χ3n) is 4.83. The summed E-state index contributed by atoms with van der Waals surface area (Å²) in [6.45, 7) is 3.52. The summed E-state index contributed by atoms with van der Waals surface area (Å²) in [6.07, 6.45) is 8.85. The molecule has 0 unspecified atom stereocenters. The van der Waals surface area contributed by atoms with E-state index in [-0.39, 0.29) is 11.5 Å². The van der Waals surface area contributed by atoms with Crippen LogP contribution < -0.4 is 10.9 Å². The molecule has 1 aromatic carbocycles. The van der Waals surface area contributed by atoms with Gasteiger partial charge in [0.2, 0.25) is 0 Å². The number of nitrogens with zero attached hydrogens (tertiary/aromatic N) is 5. The zero-order valence-corrected chi connectivity index (χ0v) is 16.2. The van der Waals surface area contributed by atoms with Crippen molar-refractivity contribution < 1.29 is 4.79 Å². The summed E-state index contributed by atoms with van der Waals surface area (Å²) in [5, 5.41) is 7.60. The Kier molecular flexibility index (Phi) is 4.35. The van der Waals surface area contributed by atoms with Gasteiger partial charge < -0.3 is 5.32 Å². The second-order valence-corrected chi connectivity index (χ2v) is 6.72. The van der Waals surface area contributed by atoms with E-state index in [9.17, 15) is 9.59 Å². The van der Waals surface area contributed by atoms with E-state index >= 15 is 0 Å². The summed E-state index contributed by atoms with van der Waals surface area (Å²) in [4.78, 5) is 34.6. The lowest BCUT2D eigenvalue weighted by Gasteiger charge is -2.17. The molecule has 1 amide bonds. The Morgan fingerprint density at radius 3 is 2.86 bits per heavy atom. The maximum atomic E-state index is 12.9. The van der Waals surface area contributed by atoms with Crippen LogP contribution in [0.2, 0.25) is 0 Å². The topological polar surface area (TPSA) is 94.2 Å². The average Bonchev–Trinajstić information content (AvgIpc) is 3.05. The largest absolute Gasteiger partial charge is 0.342 e. The van der Waals surface area contributed by atoms with Crippen LogP contribution in [0.5, 0.6) is 0 Å². The van der Waals surface area contributed by atoms with E-state index in [1.54, 1.807) is 62.1 Å². The number of carbonyl (C=O) groups is 1. The molecule has 0 radical (unpaired) electrons. The highest BCUT2D eigenvalue weighted by molar-refractivity contribution is 6.01. The van der Waals surface area contributed by atoms with Crippen molar-refractivity contribution in [1.82, 2.24) is 29.5 Å². The Hall–Kier alpha value is -3.99. The molecule has 1 atom stereocenters. The minimum Gasteiger partial charge on any atom is -0.342 e. The summed E-state index contributed by atoms with van der Waals surface area (Å²) in [6, 6.07) is 6.40. The molecule has 0 aliphatic rings. The van der Waals surface area contributed by atoms with Crippen LogP contribution in [0.3, 0.4) is 0 Å². The first kappa shape index (κ1) is 18.4. The molecule has 8 heteroatoms. The van der Waals surface area contributed by atoms with E-state index in [1.165, 1.54) is 4.57 Å². The van der Waals surface area contributed by atoms with Gasteiger partial charge in [0.1, 0.15) is 11.4 Å². The van der Waals surface area contributed by atoms with Crippen LogP contribution in [-0.4, -0.2) is 30.1 Å². The van der Waals surface area contributed by atoms with Gasteiger partial charge in [0.05, 0.1) is 22.6 Å². The number of rotatable bonds is 3. The molecule has 0 aliphatic carbocycles. The second kappa shape index (κ2) is 6.87. The molecule has 3 heterocycles. The molecule has 0 bridgehead atoms. The molecular formula is C21H18N6O2. The maximum absolute atomic E-state index is 12.9. The Morgan fingerprint density at radius 1 is 1.31 bits per heavy atom. The average molecular weight is 386 g/mol. The van der Waals surface area contributed by atoms with Gasteiger partial charge in [-0.15, -0.1) is 6.42 Å². The second-order valence-electron chi connectivity index (χ2n) is 6.72. The lowest BCUT2D eigenvalue weighted by Crippen LogP contribution is -2.33. The quantitative estimate of drug-likeness (QED) is 0.542. The summed E-state index contributed by atoms with van der Waals surface area (Å²) < 4.78 is 2.97. The number of amides is 1. The zero-order chi connectivity index (χ0) is 20.7. The molecule has 0 spiro atoms. The number of fused-ring (bicyclic) bond motifs is 2. The molecule has 29 heavy (non-hydrogen) atoms. The standard InChI is InChI=1S/C21H18N6O2/c1-5-14-8-6-9-15-17(14)21(29)26(4)18(24-15)13(3)23-20(28)16-12(2)25-27-11-7-10-22-19(16)27/h1,6-11,13H,2-4H3,(H,23,28)/t13-/m0/s1.